The monoisotopic (exact) mass is 529 g/mol. The van der Waals surface area contributed by atoms with Crippen LogP contribution in [0.3, 0.4) is 0 Å². The Morgan fingerprint density at radius 1 is 1.33 bits per heavy atom. The largest absolute Gasteiger partial charge is 0.469 e. The molecule has 0 spiro atoms. The molecule has 12 heteroatoms. The lowest BCUT2D eigenvalue weighted by Gasteiger charge is -2.36. The molecule has 0 saturated carbocycles. The number of thioether (sulfide) groups is 1. The van der Waals surface area contributed by atoms with Crippen molar-refractivity contribution in [3.63, 3.8) is 0 Å². The number of carbonyl (C=O) groups excluding carboxylic acids is 3. The number of carbonyl (C=O) groups is 3. The van der Waals surface area contributed by atoms with Crippen molar-refractivity contribution in [3.05, 3.63) is 44.7 Å². The lowest BCUT2D eigenvalue weighted by atomic mass is 10.1. The number of fused-ring (bicyclic) bond motifs is 1. The van der Waals surface area contributed by atoms with Crippen LogP contribution in [0.25, 0.3) is 11.7 Å². The predicted octanol–water partition coefficient (Wildman–Crippen LogP) is 1.73. The van der Waals surface area contributed by atoms with Crippen molar-refractivity contribution >= 4 is 63.6 Å². The molecular weight excluding hydrogens is 502 g/mol. The minimum Gasteiger partial charge on any atom is -0.469 e. The summed E-state index contributed by atoms with van der Waals surface area (Å²) in [5, 5.41) is 2.75. The highest BCUT2D eigenvalue weighted by Crippen LogP contribution is 2.34. The number of pyridine rings is 1. The minimum atomic E-state index is -0.923. The molecule has 2 aromatic rings. The zero-order valence-corrected chi connectivity index (χ0v) is 22.1. The maximum absolute atomic E-state index is 13.7. The number of nitrogens with zero attached hydrogens (tertiary/aromatic N) is 4. The van der Waals surface area contributed by atoms with Crippen molar-refractivity contribution in [1.82, 2.24) is 19.6 Å². The molecule has 36 heavy (non-hydrogen) atoms. The quantitative estimate of drug-likeness (QED) is 0.340. The Bertz CT molecular complexity index is 1350. The fourth-order valence-corrected chi connectivity index (χ4v) is 5.42. The van der Waals surface area contributed by atoms with Crippen molar-refractivity contribution in [2.24, 2.45) is 5.92 Å². The van der Waals surface area contributed by atoms with Crippen molar-refractivity contribution in [1.29, 1.82) is 0 Å². The summed E-state index contributed by atoms with van der Waals surface area (Å²) in [5.41, 5.74) is 0.991. The van der Waals surface area contributed by atoms with Gasteiger partial charge in [-0.25, -0.2) is 4.98 Å². The zero-order valence-electron chi connectivity index (χ0n) is 20.4. The van der Waals surface area contributed by atoms with Gasteiger partial charge in [0.25, 0.3) is 11.5 Å². The van der Waals surface area contributed by atoms with Crippen LogP contribution in [-0.4, -0.2) is 69.2 Å². The SMILES string of the molecule is COC(=O)CC1C(=O)NCCN1c1nc2ccc(C)cn2c(=O)c1C=C1SC(=S)N(CC(C)C)C1=O. The Balaban J connectivity index is 1.89. The van der Waals surface area contributed by atoms with E-state index in [1.807, 2.05) is 26.8 Å². The van der Waals surface area contributed by atoms with Gasteiger partial charge in [0, 0.05) is 25.8 Å². The molecule has 4 heterocycles. The van der Waals surface area contributed by atoms with Crippen LogP contribution in [0.4, 0.5) is 5.82 Å². The summed E-state index contributed by atoms with van der Waals surface area (Å²) in [7, 11) is 1.25. The van der Waals surface area contributed by atoms with Gasteiger partial charge < -0.3 is 15.0 Å². The highest BCUT2D eigenvalue weighted by molar-refractivity contribution is 8.26. The number of piperazine rings is 1. The molecule has 1 atom stereocenters. The zero-order chi connectivity index (χ0) is 26.1. The molecule has 1 N–H and O–H groups in total. The van der Waals surface area contributed by atoms with Crippen LogP contribution in [-0.2, 0) is 19.1 Å². The fourth-order valence-electron chi connectivity index (χ4n) is 4.16. The van der Waals surface area contributed by atoms with Crippen LogP contribution in [0, 0.1) is 12.8 Å². The van der Waals surface area contributed by atoms with E-state index in [0.29, 0.717) is 34.5 Å². The molecule has 4 rings (SSSR count). The van der Waals surface area contributed by atoms with E-state index in [9.17, 15) is 19.2 Å². The van der Waals surface area contributed by atoms with Crippen LogP contribution < -0.4 is 15.8 Å². The summed E-state index contributed by atoms with van der Waals surface area (Å²) in [6.07, 6.45) is 2.96. The Labute approximate surface area is 217 Å². The van der Waals surface area contributed by atoms with Crippen LogP contribution in [0.2, 0.25) is 0 Å². The molecule has 10 nitrogen and oxygen atoms in total. The highest BCUT2D eigenvalue weighted by atomic mass is 32.2. The summed E-state index contributed by atoms with van der Waals surface area (Å²) in [6, 6.07) is 2.62. The molecule has 0 aromatic carbocycles. The Kier molecular flexibility index (Phi) is 7.46. The average Bonchev–Trinajstić information content (AvgIpc) is 3.09. The minimum absolute atomic E-state index is 0.146. The van der Waals surface area contributed by atoms with Crippen LogP contribution in [0.15, 0.2) is 28.0 Å². The number of esters is 1. The van der Waals surface area contributed by atoms with E-state index in [1.165, 1.54) is 22.5 Å². The first-order chi connectivity index (χ1) is 17.1. The van der Waals surface area contributed by atoms with E-state index >= 15 is 0 Å². The van der Waals surface area contributed by atoms with Gasteiger partial charge in [-0.05, 0) is 30.5 Å². The summed E-state index contributed by atoms with van der Waals surface area (Å²) >= 11 is 6.55. The predicted molar refractivity (Wildman–Crippen MR) is 142 cm³/mol. The number of ether oxygens (including phenoxy) is 1. The molecular formula is C24H27N5O5S2. The van der Waals surface area contributed by atoms with E-state index < -0.39 is 17.6 Å². The number of rotatable bonds is 6. The Morgan fingerprint density at radius 2 is 2.08 bits per heavy atom. The molecule has 2 aliphatic rings. The second-order valence-corrected chi connectivity index (χ2v) is 10.7. The fraction of sp³-hybridized carbons (Fsp3) is 0.417. The van der Waals surface area contributed by atoms with Crippen molar-refractivity contribution in [3.8, 4) is 0 Å². The molecule has 190 valence electrons. The summed E-state index contributed by atoms with van der Waals surface area (Å²) in [6.45, 7) is 6.93. The van der Waals surface area contributed by atoms with E-state index in [2.05, 4.69) is 5.32 Å². The van der Waals surface area contributed by atoms with Crippen molar-refractivity contribution < 1.29 is 19.1 Å². The van der Waals surface area contributed by atoms with Crippen LogP contribution in [0.1, 0.15) is 31.4 Å². The van der Waals surface area contributed by atoms with Crippen molar-refractivity contribution in [2.45, 2.75) is 33.2 Å². The van der Waals surface area contributed by atoms with Gasteiger partial charge >= 0.3 is 5.97 Å². The van der Waals surface area contributed by atoms with E-state index in [0.717, 1.165) is 17.3 Å². The number of thiocarbonyl (C=S) groups is 1. The topological polar surface area (TPSA) is 113 Å². The van der Waals surface area contributed by atoms with Gasteiger partial charge in [0.15, 0.2) is 0 Å². The van der Waals surface area contributed by atoms with E-state index in [-0.39, 0.29) is 35.5 Å². The second kappa shape index (κ2) is 10.4. The molecule has 2 aliphatic heterocycles. The molecule has 2 aromatic heterocycles. The maximum atomic E-state index is 13.7. The van der Waals surface area contributed by atoms with Gasteiger partial charge in [-0.1, -0.05) is 43.9 Å². The molecule has 0 aliphatic carbocycles. The number of amides is 2. The van der Waals surface area contributed by atoms with Gasteiger partial charge in [0.05, 0.1) is 24.0 Å². The number of methoxy groups -OCH3 is 1. The molecule has 1 unspecified atom stereocenters. The van der Waals surface area contributed by atoms with Crippen LogP contribution >= 0.6 is 24.0 Å². The third-order valence-electron chi connectivity index (χ3n) is 5.87. The van der Waals surface area contributed by atoms with E-state index in [4.69, 9.17) is 21.9 Å². The summed E-state index contributed by atoms with van der Waals surface area (Å²) < 4.78 is 6.63. The number of nitrogens with one attached hydrogen (secondary N) is 1. The molecule has 0 bridgehead atoms. The lowest BCUT2D eigenvalue weighted by molar-refractivity contribution is -0.143. The second-order valence-electron chi connectivity index (χ2n) is 9.06. The average molecular weight is 530 g/mol. The Hall–Kier alpha value is -3.25. The van der Waals surface area contributed by atoms with Crippen LogP contribution in [0.5, 0.6) is 0 Å². The Morgan fingerprint density at radius 3 is 2.78 bits per heavy atom. The van der Waals surface area contributed by atoms with Gasteiger partial charge in [-0.2, -0.15) is 0 Å². The number of aromatic nitrogens is 2. The first-order valence-electron chi connectivity index (χ1n) is 11.5. The smallest absolute Gasteiger partial charge is 0.308 e. The third kappa shape index (κ3) is 5.00. The molecule has 2 amide bonds. The highest BCUT2D eigenvalue weighted by Gasteiger charge is 2.36. The van der Waals surface area contributed by atoms with Gasteiger partial charge in [-0.3, -0.25) is 28.5 Å². The molecule has 0 radical (unpaired) electrons. The third-order valence-corrected chi connectivity index (χ3v) is 7.25. The van der Waals surface area contributed by atoms with E-state index in [1.54, 1.807) is 17.2 Å². The molecule has 2 fully saturated rings. The standard InChI is InChI=1S/C24H27N5O5S2/c1-13(2)11-29-23(33)17(36-24(29)35)9-15-20(26-18-6-5-14(3)12-28(18)22(15)32)27-8-7-25-21(31)16(27)10-19(30)34-4/h5-6,9,12-13,16H,7-8,10-11H2,1-4H3,(H,25,31). The first kappa shape index (κ1) is 25.8. The summed E-state index contributed by atoms with van der Waals surface area (Å²) in [5.74, 6) is -0.773. The lowest BCUT2D eigenvalue weighted by Crippen LogP contribution is -2.57. The maximum Gasteiger partial charge on any atom is 0.308 e. The molecule has 2 saturated heterocycles. The number of aryl methyl sites for hydroxylation is 1. The van der Waals surface area contributed by atoms with Gasteiger partial charge in [0.1, 0.15) is 21.8 Å². The normalized spacial score (nSPS) is 19.5. The summed E-state index contributed by atoms with van der Waals surface area (Å²) in [4.78, 5) is 59.9. The van der Waals surface area contributed by atoms with Gasteiger partial charge in [-0.15, -0.1) is 0 Å². The number of hydrogen-bond acceptors (Lipinski definition) is 9. The van der Waals surface area contributed by atoms with Crippen molar-refractivity contribution in [2.75, 3.05) is 31.6 Å². The number of hydrogen-bond donors (Lipinski definition) is 1. The number of anilines is 1. The first-order valence-corrected chi connectivity index (χ1v) is 12.7. The van der Waals surface area contributed by atoms with Gasteiger partial charge in [0.2, 0.25) is 5.91 Å².